The summed E-state index contributed by atoms with van der Waals surface area (Å²) in [4.78, 5) is 4.08. The van der Waals surface area contributed by atoms with Gasteiger partial charge in [0.05, 0.1) is 14.2 Å². The molecule has 1 aromatic heterocycles. The molecule has 0 bridgehead atoms. The maximum absolute atomic E-state index is 5.37. The maximum atomic E-state index is 5.37. The van der Waals surface area contributed by atoms with Gasteiger partial charge in [-0.2, -0.15) is 0 Å². The number of allylic oxidation sites excluding steroid dienone is 1. The average Bonchev–Trinajstić information content (AvgIpc) is 2.83. The Labute approximate surface area is 118 Å². The zero-order valence-corrected chi connectivity index (χ0v) is 11.7. The Balaban J connectivity index is 2.02. The molecule has 0 N–H and O–H groups in total. The molecule has 102 valence electrons. The van der Waals surface area contributed by atoms with Gasteiger partial charge in [0.15, 0.2) is 11.5 Å². The first-order valence-electron chi connectivity index (χ1n) is 6.58. The Morgan fingerprint density at radius 2 is 1.75 bits per heavy atom. The van der Waals surface area contributed by atoms with Gasteiger partial charge in [-0.15, -0.1) is 0 Å². The summed E-state index contributed by atoms with van der Waals surface area (Å²) in [6.07, 6.45) is 4.60. The third kappa shape index (κ3) is 1.95. The van der Waals surface area contributed by atoms with Gasteiger partial charge < -0.3 is 9.47 Å². The van der Waals surface area contributed by atoms with Crippen LogP contribution < -0.4 is 9.47 Å². The lowest BCUT2D eigenvalue weighted by atomic mass is 9.94. The largest absolute Gasteiger partial charge is 0.493 e. The first-order chi connectivity index (χ1) is 9.74. The van der Waals surface area contributed by atoms with E-state index >= 15 is 0 Å². The van der Waals surface area contributed by atoms with E-state index < -0.39 is 0 Å². The van der Waals surface area contributed by atoms with Gasteiger partial charge in [-0.25, -0.2) is 0 Å². The molecule has 1 atom stereocenters. The highest BCUT2D eigenvalue weighted by Gasteiger charge is 2.28. The highest BCUT2D eigenvalue weighted by atomic mass is 16.5. The predicted octanol–water partition coefficient (Wildman–Crippen LogP) is 3.45. The van der Waals surface area contributed by atoms with Crippen molar-refractivity contribution >= 4 is 5.57 Å². The van der Waals surface area contributed by atoms with Crippen LogP contribution in [-0.2, 0) is 6.42 Å². The molecule has 3 nitrogen and oxygen atoms in total. The van der Waals surface area contributed by atoms with Crippen molar-refractivity contribution in [1.29, 1.82) is 0 Å². The second-order valence-corrected chi connectivity index (χ2v) is 4.93. The lowest BCUT2D eigenvalue weighted by Crippen LogP contribution is -1.96. The topological polar surface area (TPSA) is 31.4 Å². The fourth-order valence-corrected chi connectivity index (χ4v) is 2.83. The molecule has 1 aliphatic carbocycles. The molecular weight excluding hydrogens is 250 g/mol. The standard InChI is InChI=1S/C17H17NO2/c1-11-14(12-4-6-18-7-5-12)8-13-9-16(19-2)17(20-3)10-15(11)13/h4-7,9-10,14H,1,8H2,2-3H3. The number of pyridine rings is 1. The van der Waals surface area contributed by atoms with Crippen LogP contribution in [0.2, 0.25) is 0 Å². The van der Waals surface area contributed by atoms with E-state index in [1.165, 1.54) is 16.7 Å². The van der Waals surface area contributed by atoms with Gasteiger partial charge in [0.25, 0.3) is 0 Å². The molecule has 0 fully saturated rings. The lowest BCUT2D eigenvalue weighted by molar-refractivity contribution is 0.354. The fraction of sp³-hybridized carbons (Fsp3) is 0.235. The van der Waals surface area contributed by atoms with Gasteiger partial charge in [0.2, 0.25) is 0 Å². The van der Waals surface area contributed by atoms with E-state index in [1.54, 1.807) is 14.2 Å². The molecule has 0 amide bonds. The molecular formula is C17H17NO2. The van der Waals surface area contributed by atoms with Gasteiger partial charge in [-0.05, 0) is 52.9 Å². The van der Waals surface area contributed by atoms with Gasteiger partial charge in [-0.1, -0.05) is 6.58 Å². The van der Waals surface area contributed by atoms with Crippen molar-refractivity contribution in [3.8, 4) is 11.5 Å². The van der Waals surface area contributed by atoms with E-state index in [-0.39, 0.29) is 0 Å². The molecule has 1 aliphatic rings. The van der Waals surface area contributed by atoms with Crippen molar-refractivity contribution in [3.63, 3.8) is 0 Å². The van der Waals surface area contributed by atoms with Gasteiger partial charge in [-0.3, -0.25) is 4.98 Å². The molecule has 1 aromatic carbocycles. The van der Waals surface area contributed by atoms with E-state index in [0.29, 0.717) is 5.92 Å². The minimum atomic E-state index is 0.310. The predicted molar refractivity (Wildman–Crippen MR) is 79.3 cm³/mol. The molecule has 1 heterocycles. The Morgan fingerprint density at radius 3 is 2.40 bits per heavy atom. The number of hydrogen-bond donors (Lipinski definition) is 0. The van der Waals surface area contributed by atoms with Crippen LogP contribution >= 0.6 is 0 Å². The minimum absolute atomic E-state index is 0.310. The molecule has 1 unspecified atom stereocenters. The monoisotopic (exact) mass is 267 g/mol. The van der Waals surface area contributed by atoms with Crippen LogP contribution in [0.4, 0.5) is 0 Å². The van der Waals surface area contributed by atoms with E-state index in [2.05, 4.69) is 29.8 Å². The van der Waals surface area contributed by atoms with Crippen LogP contribution in [0.5, 0.6) is 11.5 Å². The van der Waals surface area contributed by atoms with Crippen LogP contribution in [0.15, 0.2) is 43.2 Å². The molecule has 0 saturated heterocycles. The van der Waals surface area contributed by atoms with Gasteiger partial charge >= 0.3 is 0 Å². The third-order valence-electron chi connectivity index (χ3n) is 3.91. The maximum Gasteiger partial charge on any atom is 0.161 e. The second-order valence-electron chi connectivity index (χ2n) is 4.93. The summed E-state index contributed by atoms with van der Waals surface area (Å²) in [5.41, 5.74) is 4.81. The Kier molecular flexibility index (Phi) is 3.18. The fourth-order valence-electron chi connectivity index (χ4n) is 2.83. The highest BCUT2D eigenvalue weighted by molar-refractivity contribution is 5.78. The van der Waals surface area contributed by atoms with Gasteiger partial charge in [0.1, 0.15) is 0 Å². The smallest absolute Gasteiger partial charge is 0.161 e. The van der Waals surface area contributed by atoms with Crippen molar-refractivity contribution in [2.45, 2.75) is 12.3 Å². The summed E-state index contributed by atoms with van der Waals surface area (Å²) in [6.45, 7) is 4.27. The number of hydrogen-bond acceptors (Lipinski definition) is 3. The Morgan fingerprint density at radius 1 is 1.10 bits per heavy atom. The Bertz CT molecular complexity index is 650. The van der Waals surface area contributed by atoms with Gasteiger partial charge in [0, 0.05) is 18.3 Å². The summed E-state index contributed by atoms with van der Waals surface area (Å²) >= 11 is 0. The summed E-state index contributed by atoms with van der Waals surface area (Å²) in [5, 5.41) is 0. The lowest BCUT2D eigenvalue weighted by Gasteiger charge is -2.11. The Hall–Kier alpha value is -2.29. The quantitative estimate of drug-likeness (QED) is 0.853. The zero-order chi connectivity index (χ0) is 14.1. The number of methoxy groups -OCH3 is 2. The molecule has 20 heavy (non-hydrogen) atoms. The summed E-state index contributed by atoms with van der Waals surface area (Å²) in [5.74, 6) is 1.84. The number of nitrogens with zero attached hydrogens (tertiary/aromatic N) is 1. The summed E-state index contributed by atoms with van der Waals surface area (Å²) in [6, 6.07) is 8.19. The molecule has 3 rings (SSSR count). The van der Waals surface area contributed by atoms with E-state index in [0.717, 1.165) is 23.5 Å². The van der Waals surface area contributed by atoms with Crippen LogP contribution in [-0.4, -0.2) is 19.2 Å². The second kappa shape index (κ2) is 5.00. The van der Waals surface area contributed by atoms with E-state index in [4.69, 9.17) is 9.47 Å². The van der Waals surface area contributed by atoms with Crippen LogP contribution in [0.1, 0.15) is 22.6 Å². The molecule has 3 heteroatoms. The van der Waals surface area contributed by atoms with Crippen molar-refractivity contribution in [1.82, 2.24) is 4.98 Å². The normalized spacial score (nSPS) is 16.9. The minimum Gasteiger partial charge on any atom is -0.493 e. The zero-order valence-electron chi connectivity index (χ0n) is 11.7. The first kappa shape index (κ1) is 12.7. The molecule has 2 aromatic rings. The number of benzene rings is 1. The van der Waals surface area contributed by atoms with Crippen LogP contribution in [0, 0.1) is 0 Å². The average molecular weight is 267 g/mol. The van der Waals surface area contributed by atoms with Crippen molar-refractivity contribution in [2.24, 2.45) is 0 Å². The highest BCUT2D eigenvalue weighted by Crippen LogP contribution is 2.45. The number of ether oxygens (including phenoxy) is 2. The van der Waals surface area contributed by atoms with Crippen molar-refractivity contribution in [3.05, 3.63) is 59.9 Å². The summed E-state index contributed by atoms with van der Waals surface area (Å²) < 4.78 is 10.7. The van der Waals surface area contributed by atoms with E-state index in [1.807, 2.05) is 18.5 Å². The SMILES string of the molecule is C=C1c2cc(OC)c(OC)cc2CC1c1ccncc1. The number of rotatable bonds is 3. The summed E-state index contributed by atoms with van der Waals surface area (Å²) in [7, 11) is 3.32. The first-order valence-corrected chi connectivity index (χ1v) is 6.58. The van der Waals surface area contributed by atoms with Crippen molar-refractivity contribution in [2.75, 3.05) is 14.2 Å². The van der Waals surface area contributed by atoms with Crippen LogP contribution in [0.3, 0.4) is 0 Å². The number of aromatic nitrogens is 1. The van der Waals surface area contributed by atoms with Crippen molar-refractivity contribution < 1.29 is 9.47 Å². The molecule has 0 spiro atoms. The third-order valence-corrected chi connectivity index (χ3v) is 3.91. The molecule has 0 aliphatic heterocycles. The molecule has 0 radical (unpaired) electrons. The van der Waals surface area contributed by atoms with E-state index in [9.17, 15) is 0 Å². The van der Waals surface area contributed by atoms with Crippen LogP contribution in [0.25, 0.3) is 5.57 Å². The molecule has 0 saturated carbocycles. The number of fused-ring (bicyclic) bond motifs is 1.